The zero-order valence-corrected chi connectivity index (χ0v) is 9.15. The van der Waals surface area contributed by atoms with Gasteiger partial charge in [0, 0.05) is 24.2 Å². The minimum atomic E-state index is -0.987. The second-order valence-electron chi connectivity index (χ2n) is 4.42. The molecule has 1 atom stereocenters. The smallest absolute Gasteiger partial charge is 0.320 e. The number of aromatic nitrogens is 2. The number of carboxylic acids is 1. The van der Waals surface area contributed by atoms with E-state index in [9.17, 15) is 4.79 Å². The monoisotopic (exact) mass is 223 g/mol. The average molecular weight is 223 g/mol. The van der Waals surface area contributed by atoms with E-state index >= 15 is 0 Å². The Morgan fingerprint density at radius 2 is 2.31 bits per heavy atom. The number of rotatable bonds is 4. The fourth-order valence-corrected chi connectivity index (χ4v) is 2.22. The van der Waals surface area contributed by atoms with Crippen molar-refractivity contribution in [1.29, 1.82) is 0 Å². The topological polar surface area (TPSA) is 92.0 Å². The number of H-pyrrole nitrogens is 1. The van der Waals surface area contributed by atoms with Gasteiger partial charge in [0.2, 0.25) is 0 Å². The predicted molar refractivity (Wildman–Crippen MR) is 59.1 cm³/mol. The van der Waals surface area contributed by atoms with Crippen molar-refractivity contribution in [2.24, 2.45) is 5.73 Å². The van der Waals surface area contributed by atoms with E-state index in [4.69, 9.17) is 10.8 Å². The normalized spacial score (nSPS) is 18.8. The van der Waals surface area contributed by atoms with Crippen molar-refractivity contribution < 1.29 is 9.90 Å². The minimum Gasteiger partial charge on any atom is -0.480 e. The van der Waals surface area contributed by atoms with Gasteiger partial charge in [-0.05, 0) is 12.8 Å². The molecule has 1 saturated carbocycles. The van der Waals surface area contributed by atoms with E-state index in [1.54, 1.807) is 0 Å². The Bertz CT molecular complexity index is 369. The molecule has 1 heterocycles. The Balaban J connectivity index is 1.99. The van der Waals surface area contributed by atoms with Gasteiger partial charge < -0.3 is 15.8 Å². The molecule has 4 N–H and O–H groups in total. The third-order valence-corrected chi connectivity index (χ3v) is 3.17. The standard InChI is InChI=1S/C11H17N3O2/c12-8(11(15)16)5-10-13-6-9(14-10)7-3-1-2-4-7/h6-8H,1-5,12H2,(H,13,14)(H,15,16). The highest BCUT2D eigenvalue weighted by atomic mass is 16.4. The van der Waals surface area contributed by atoms with Gasteiger partial charge in [0.25, 0.3) is 0 Å². The van der Waals surface area contributed by atoms with Gasteiger partial charge in [-0.1, -0.05) is 12.8 Å². The lowest BCUT2D eigenvalue weighted by Crippen LogP contribution is -2.32. The van der Waals surface area contributed by atoms with Crippen LogP contribution in [0.3, 0.4) is 0 Å². The molecule has 1 fully saturated rings. The lowest BCUT2D eigenvalue weighted by Gasteiger charge is -2.05. The number of nitrogens with two attached hydrogens (primary N) is 1. The zero-order chi connectivity index (χ0) is 11.5. The number of carbonyl (C=O) groups is 1. The Kier molecular flexibility index (Phi) is 3.24. The number of carboxylic acid groups (broad SMARTS) is 1. The Morgan fingerprint density at radius 3 is 2.94 bits per heavy atom. The summed E-state index contributed by atoms with van der Waals surface area (Å²) in [7, 11) is 0. The fraction of sp³-hybridized carbons (Fsp3) is 0.636. The zero-order valence-electron chi connectivity index (χ0n) is 9.15. The van der Waals surface area contributed by atoms with Crippen LogP contribution < -0.4 is 5.73 Å². The molecule has 1 aromatic heterocycles. The summed E-state index contributed by atoms with van der Waals surface area (Å²) >= 11 is 0. The summed E-state index contributed by atoms with van der Waals surface area (Å²) in [6.07, 6.45) is 7.03. The van der Waals surface area contributed by atoms with Crippen LogP contribution in [0.15, 0.2) is 6.20 Å². The van der Waals surface area contributed by atoms with Crippen LogP contribution in [-0.4, -0.2) is 27.1 Å². The van der Waals surface area contributed by atoms with E-state index in [2.05, 4.69) is 9.97 Å². The first kappa shape index (κ1) is 11.1. The van der Waals surface area contributed by atoms with Crippen LogP contribution in [-0.2, 0) is 11.2 Å². The third-order valence-electron chi connectivity index (χ3n) is 3.17. The highest BCUT2D eigenvalue weighted by molar-refractivity contribution is 5.73. The van der Waals surface area contributed by atoms with Crippen molar-refractivity contribution in [3.8, 4) is 0 Å². The van der Waals surface area contributed by atoms with Crippen molar-refractivity contribution in [2.45, 2.75) is 44.1 Å². The molecule has 0 aliphatic heterocycles. The van der Waals surface area contributed by atoms with E-state index < -0.39 is 12.0 Å². The number of nitrogens with zero attached hydrogens (tertiary/aromatic N) is 1. The van der Waals surface area contributed by atoms with E-state index in [1.807, 2.05) is 6.20 Å². The Labute approximate surface area is 94.1 Å². The van der Waals surface area contributed by atoms with Crippen molar-refractivity contribution in [2.75, 3.05) is 0 Å². The van der Waals surface area contributed by atoms with Crippen molar-refractivity contribution in [3.05, 3.63) is 17.7 Å². The first-order valence-electron chi connectivity index (χ1n) is 5.69. The number of nitrogens with one attached hydrogen (secondary N) is 1. The predicted octanol–water partition coefficient (Wildman–Crippen LogP) is 1.02. The van der Waals surface area contributed by atoms with Gasteiger partial charge in [0.15, 0.2) is 0 Å². The van der Waals surface area contributed by atoms with Crippen LogP contribution in [0.4, 0.5) is 0 Å². The summed E-state index contributed by atoms with van der Waals surface area (Å²) < 4.78 is 0. The number of hydrogen-bond donors (Lipinski definition) is 3. The van der Waals surface area contributed by atoms with Crippen LogP contribution in [0.2, 0.25) is 0 Å². The van der Waals surface area contributed by atoms with Crippen LogP contribution >= 0.6 is 0 Å². The van der Waals surface area contributed by atoms with Gasteiger partial charge >= 0.3 is 5.97 Å². The first-order chi connectivity index (χ1) is 7.66. The second kappa shape index (κ2) is 4.65. The molecule has 5 heteroatoms. The average Bonchev–Trinajstić information content (AvgIpc) is 2.85. The molecule has 0 amide bonds. The number of aromatic amines is 1. The number of hydrogen-bond acceptors (Lipinski definition) is 3. The van der Waals surface area contributed by atoms with Gasteiger partial charge in [0.05, 0.1) is 0 Å². The lowest BCUT2D eigenvalue weighted by molar-refractivity contribution is -0.138. The molecular weight excluding hydrogens is 206 g/mol. The summed E-state index contributed by atoms with van der Waals surface area (Å²) in [6.45, 7) is 0. The summed E-state index contributed by atoms with van der Waals surface area (Å²) in [5.41, 5.74) is 6.58. The molecule has 0 aromatic carbocycles. The molecule has 88 valence electrons. The van der Waals surface area contributed by atoms with Crippen LogP contribution in [0.1, 0.15) is 43.1 Å². The Hall–Kier alpha value is -1.36. The largest absolute Gasteiger partial charge is 0.480 e. The number of imidazole rings is 1. The quantitative estimate of drug-likeness (QED) is 0.710. The molecule has 5 nitrogen and oxygen atoms in total. The first-order valence-corrected chi connectivity index (χ1v) is 5.69. The highest BCUT2D eigenvalue weighted by Crippen LogP contribution is 2.32. The van der Waals surface area contributed by atoms with E-state index in [-0.39, 0.29) is 6.42 Å². The third kappa shape index (κ3) is 2.41. The van der Waals surface area contributed by atoms with E-state index in [0.29, 0.717) is 11.7 Å². The summed E-state index contributed by atoms with van der Waals surface area (Å²) in [4.78, 5) is 18.0. The highest BCUT2D eigenvalue weighted by Gasteiger charge is 2.20. The van der Waals surface area contributed by atoms with Crippen molar-refractivity contribution in [1.82, 2.24) is 9.97 Å². The molecule has 0 spiro atoms. The van der Waals surface area contributed by atoms with E-state index in [0.717, 1.165) is 5.69 Å². The molecule has 0 radical (unpaired) electrons. The maximum atomic E-state index is 10.6. The molecule has 2 rings (SSSR count). The van der Waals surface area contributed by atoms with Crippen LogP contribution in [0.5, 0.6) is 0 Å². The SMILES string of the molecule is NC(Cc1ncc(C2CCCC2)[nH]1)C(=O)O. The molecule has 1 unspecified atom stereocenters. The molecule has 1 aromatic rings. The van der Waals surface area contributed by atoms with Gasteiger partial charge in [-0.3, -0.25) is 4.79 Å². The molecule has 1 aliphatic carbocycles. The van der Waals surface area contributed by atoms with E-state index in [1.165, 1.54) is 25.7 Å². The maximum Gasteiger partial charge on any atom is 0.320 e. The summed E-state index contributed by atoms with van der Waals surface area (Å²) in [5.74, 6) is 0.262. The van der Waals surface area contributed by atoms with Crippen LogP contribution in [0.25, 0.3) is 0 Å². The maximum absolute atomic E-state index is 10.6. The fourth-order valence-electron chi connectivity index (χ4n) is 2.22. The second-order valence-corrected chi connectivity index (χ2v) is 4.42. The van der Waals surface area contributed by atoms with Gasteiger partial charge in [-0.2, -0.15) is 0 Å². The van der Waals surface area contributed by atoms with Crippen LogP contribution in [0, 0.1) is 0 Å². The molecule has 16 heavy (non-hydrogen) atoms. The molecular formula is C11H17N3O2. The van der Waals surface area contributed by atoms with Gasteiger partial charge in [0.1, 0.15) is 11.9 Å². The van der Waals surface area contributed by atoms with Crippen molar-refractivity contribution >= 4 is 5.97 Å². The number of aliphatic carboxylic acids is 1. The molecule has 0 saturated heterocycles. The lowest BCUT2D eigenvalue weighted by atomic mass is 10.1. The summed E-state index contributed by atoms with van der Waals surface area (Å²) in [5, 5.41) is 8.69. The summed E-state index contributed by atoms with van der Waals surface area (Å²) in [6, 6.07) is -0.873. The van der Waals surface area contributed by atoms with Gasteiger partial charge in [-0.25, -0.2) is 4.98 Å². The Morgan fingerprint density at radius 1 is 1.62 bits per heavy atom. The molecule has 0 bridgehead atoms. The minimum absolute atomic E-state index is 0.266. The molecule has 1 aliphatic rings. The van der Waals surface area contributed by atoms with Gasteiger partial charge in [-0.15, -0.1) is 0 Å². The van der Waals surface area contributed by atoms with Crippen molar-refractivity contribution in [3.63, 3.8) is 0 Å².